The van der Waals surface area contributed by atoms with Crippen molar-refractivity contribution in [3.8, 4) is 17.1 Å². The summed E-state index contributed by atoms with van der Waals surface area (Å²) in [6, 6.07) is 14.1. The van der Waals surface area contributed by atoms with E-state index in [2.05, 4.69) is 15.3 Å². The van der Waals surface area contributed by atoms with Gasteiger partial charge in [-0.25, -0.2) is 9.89 Å². The molecule has 0 bridgehead atoms. The second kappa shape index (κ2) is 7.94. The number of carbonyl (C=O) groups is 1. The van der Waals surface area contributed by atoms with Gasteiger partial charge in [-0.15, -0.1) is 0 Å². The summed E-state index contributed by atoms with van der Waals surface area (Å²) in [7, 11) is 0. The fraction of sp³-hybridized carbons (Fsp3) is 0.0588. The lowest BCUT2D eigenvalue weighted by Gasteiger charge is -2.06. The van der Waals surface area contributed by atoms with Crippen LogP contribution >= 0.6 is 23.8 Å². The Labute approximate surface area is 158 Å². The van der Waals surface area contributed by atoms with Crippen LogP contribution in [0.15, 0.2) is 53.6 Å². The molecule has 0 saturated carbocycles. The van der Waals surface area contributed by atoms with E-state index in [0.29, 0.717) is 26.9 Å². The number of nitrogens with zero attached hydrogens (tertiary/aromatic N) is 3. The number of hydrogen-bond acceptors (Lipinski definition) is 5. The number of carboxylic acid groups (broad SMARTS) is 1. The minimum absolute atomic E-state index is 0.306. The van der Waals surface area contributed by atoms with Crippen LogP contribution in [0.1, 0.15) is 5.56 Å². The molecule has 0 unspecified atom stereocenters. The Morgan fingerprint density at radius 2 is 2.15 bits per heavy atom. The molecule has 1 heterocycles. The zero-order valence-corrected chi connectivity index (χ0v) is 14.9. The molecule has 26 heavy (non-hydrogen) atoms. The average Bonchev–Trinajstić information content (AvgIpc) is 2.99. The summed E-state index contributed by atoms with van der Waals surface area (Å²) in [5.74, 6) is -0.160. The van der Waals surface area contributed by atoms with Gasteiger partial charge in [-0.3, -0.25) is 0 Å². The van der Waals surface area contributed by atoms with Gasteiger partial charge in [0.05, 0.1) is 6.21 Å². The molecule has 0 atom stereocenters. The predicted molar refractivity (Wildman–Crippen MR) is 100 cm³/mol. The first-order chi connectivity index (χ1) is 12.5. The van der Waals surface area contributed by atoms with Crippen molar-refractivity contribution in [2.75, 3.05) is 6.61 Å². The van der Waals surface area contributed by atoms with Crippen molar-refractivity contribution in [2.45, 2.75) is 0 Å². The number of aromatic amines is 1. The number of halogens is 1. The first-order valence-electron chi connectivity index (χ1n) is 7.46. The Morgan fingerprint density at radius 1 is 1.35 bits per heavy atom. The van der Waals surface area contributed by atoms with Crippen LogP contribution in [0.25, 0.3) is 11.4 Å². The molecule has 132 valence electrons. The highest BCUT2D eigenvalue weighted by molar-refractivity contribution is 7.71. The Kier molecular flexibility index (Phi) is 5.45. The monoisotopic (exact) mass is 388 g/mol. The van der Waals surface area contributed by atoms with Crippen LogP contribution in [0.4, 0.5) is 0 Å². The Bertz CT molecular complexity index is 1030. The molecule has 0 radical (unpaired) electrons. The number of aromatic nitrogens is 3. The highest BCUT2D eigenvalue weighted by atomic mass is 35.5. The molecule has 1 aromatic heterocycles. The molecule has 0 amide bonds. The number of H-pyrrole nitrogens is 1. The van der Waals surface area contributed by atoms with E-state index >= 15 is 0 Å². The van der Waals surface area contributed by atoms with Crippen molar-refractivity contribution in [1.29, 1.82) is 0 Å². The third-order valence-electron chi connectivity index (χ3n) is 3.32. The lowest BCUT2D eigenvalue weighted by molar-refractivity contribution is -0.139. The van der Waals surface area contributed by atoms with E-state index in [1.54, 1.807) is 42.5 Å². The molecule has 0 aliphatic rings. The molecule has 7 nitrogen and oxygen atoms in total. The van der Waals surface area contributed by atoms with Gasteiger partial charge in [0.2, 0.25) is 4.77 Å². The van der Waals surface area contributed by atoms with Crippen LogP contribution in [0, 0.1) is 4.77 Å². The van der Waals surface area contributed by atoms with Crippen LogP contribution in [0.3, 0.4) is 0 Å². The molecule has 2 aromatic carbocycles. The van der Waals surface area contributed by atoms with Gasteiger partial charge in [0, 0.05) is 16.1 Å². The normalized spacial score (nSPS) is 11.0. The molecule has 0 saturated heterocycles. The van der Waals surface area contributed by atoms with E-state index in [9.17, 15) is 4.79 Å². The summed E-state index contributed by atoms with van der Waals surface area (Å²) in [5.41, 5.74) is 1.35. The van der Waals surface area contributed by atoms with Gasteiger partial charge in [-0.1, -0.05) is 35.9 Å². The van der Waals surface area contributed by atoms with Crippen molar-refractivity contribution in [3.05, 3.63) is 63.9 Å². The molecule has 9 heteroatoms. The lowest BCUT2D eigenvalue weighted by Crippen LogP contribution is -2.10. The van der Waals surface area contributed by atoms with E-state index in [1.165, 1.54) is 10.9 Å². The Hall–Kier alpha value is -2.97. The van der Waals surface area contributed by atoms with Gasteiger partial charge in [0.1, 0.15) is 5.75 Å². The Balaban J connectivity index is 1.94. The van der Waals surface area contributed by atoms with Crippen LogP contribution in [-0.2, 0) is 4.79 Å². The number of hydrogen-bond donors (Lipinski definition) is 2. The maximum atomic E-state index is 10.7. The third kappa shape index (κ3) is 4.16. The number of carboxylic acids is 1. The fourth-order valence-electron chi connectivity index (χ4n) is 2.19. The molecule has 0 fully saturated rings. The molecular formula is C17H13ClN4O3S. The molecule has 3 rings (SSSR count). The van der Waals surface area contributed by atoms with Crippen molar-refractivity contribution < 1.29 is 14.6 Å². The second-order valence-electron chi connectivity index (χ2n) is 5.14. The minimum Gasteiger partial charge on any atom is -0.481 e. The van der Waals surface area contributed by atoms with Gasteiger partial charge in [-0.2, -0.15) is 14.9 Å². The molecule has 3 aromatic rings. The highest BCUT2D eigenvalue weighted by Gasteiger charge is 2.09. The first kappa shape index (κ1) is 17.8. The van der Waals surface area contributed by atoms with Crippen molar-refractivity contribution in [1.82, 2.24) is 14.9 Å². The largest absolute Gasteiger partial charge is 0.481 e. The summed E-state index contributed by atoms with van der Waals surface area (Å²) in [4.78, 5) is 10.7. The van der Waals surface area contributed by atoms with E-state index in [4.69, 9.17) is 33.7 Å². The highest BCUT2D eigenvalue weighted by Crippen LogP contribution is 2.21. The van der Waals surface area contributed by atoms with Crippen molar-refractivity contribution in [2.24, 2.45) is 5.10 Å². The molecule has 0 spiro atoms. The number of nitrogens with one attached hydrogen (secondary N) is 1. The summed E-state index contributed by atoms with van der Waals surface area (Å²) in [6.07, 6.45) is 1.52. The number of ether oxygens (including phenoxy) is 1. The van der Waals surface area contributed by atoms with Crippen LogP contribution in [0.2, 0.25) is 5.02 Å². The van der Waals surface area contributed by atoms with Gasteiger partial charge in [0.25, 0.3) is 0 Å². The maximum absolute atomic E-state index is 10.7. The standard InChI is InChI=1S/C17H13ClN4O3S/c18-13-6-3-5-11(8-13)16-20-21-17(26)22(16)19-9-12-4-1-2-7-14(12)25-10-15(23)24/h1-9H,10H2,(H,21,26)(H,23,24). The molecule has 2 N–H and O–H groups in total. The number of rotatable bonds is 6. The molecule has 0 aliphatic heterocycles. The molecular weight excluding hydrogens is 376 g/mol. The zero-order chi connectivity index (χ0) is 18.5. The van der Waals surface area contributed by atoms with Gasteiger partial charge >= 0.3 is 5.97 Å². The summed E-state index contributed by atoms with van der Waals surface area (Å²) < 4.78 is 7.02. The smallest absolute Gasteiger partial charge is 0.341 e. The predicted octanol–water partition coefficient (Wildman–Crippen LogP) is 3.61. The van der Waals surface area contributed by atoms with Crippen LogP contribution in [-0.4, -0.2) is 38.8 Å². The number of para-hydroxylation sites is 1. The maximum Gasteiger partial charge on any atom is 0.341 e. The summed E-state index contributed by atoms with van der Waals surface area (Å²) in [5, 5.41) is 20.6. The number of benzene rings is 2. The lowest BCUT2D eigenvalue weighted by atomic mass is 10.2. The second-order valence-corrected chi connectivity index (χ2v) is 5.96. The van der Waals surface area contributed by atoms with Gasteiger partial charge in [0.15, 0.2) is 12.4 Å². The van der Waals surface area contributed by atoms with Crippen molar-refractivity contribution >= 4 is 36.0 Å². The van der Waals surface area contributed by atoms with E-state index in [0.717, 1.165) is 5.56 Å². The number of aliphatic carboxylic acids is 1. The van der Waals surface area contributed by atoms with Crippen LogP contribution in [0.5, 0.6) is 5.75 Å². The topological polar surface area (TPSA) is 92.5 Å². The summed E-state index contributed by atoms with van der Waals surface area (Å²) in [6.45, 7) is -0.441. The zero-order valence-electron chi connectivity index (χ0n) is 13.3. The van der Waals surface area contributed by atoms with Crippen LogP contribution < -0.4 is 4.74 Å². The van der Waals surface area contributed by atoms with Crippen molar-refractivity contribution in [3.63, 3.8) is 0 Å². The van der Waals surface area contributed by atoms with E-state index < -0.39 is 12.6 Å². The summed E-state index contributed by atoms with van der Waals surface area (Å²) >= 11 is 11.3. The SMILES string of the molecule is O=C(O)COc1ccccc1C=Nn1c(-c2cccc(Cl)c2)n[nH]c1=S. The minimum atomic E-state index is -1.06. The average molecular weight is 389 g/mol. The first-order valence-corrected chi connectivity index (χ1v) is 8.24. The van der Waals surface area contributed by atoms with Gasteiger partial charge < -0.3 is 9.84 Å². The quantitative estimate of drug-likeness (QED) is 0.497. The fourth-order valence-corrected chi connectivity index (χ4v) is 2.56. The third-order valence-corrected chi connectivity index (χ3v) is 3.82. The van der Waals surface area contributed by atoms with Gasteiger partial charge in [-0.05, 0) is 36.5 Å². The molecule has 0 aliphatic carbocycles. The Morgan fingerprint density at radius 3 is 2.92 bits per heavy atom. The van der Waals surface area contributed by atoms with E-state index in [-0.39, 0.29) is 0 Å². The van der Waals surface area contributed by atoms with E-state index in [1.807, 2.05) is 6.07 Å².